The second-order valence-electron chi connectivity index (χ2n) is 7.19. The number of carbonyl (C=O) groups excluding carboxylic acids is 2. The quantitative estimate of drug-likeness (QED) is 0.425. The molecule has 7 nitrogen and oxygen atoms in total. The van der Waals surface area contributed by atoms with Crippen LogP contribution in [0.15, 0.2) is 66.9 Å². The summed E-state index contributed by atoms with van der Waals surface area (Å²) < 4.78 is 81.8. The Labute approximate surface area is 200 Å². The van der Waals surface area contributed by atoms with Gasteiger partial charge in [0.25, 0.3) is 11.8 Å². The monoisotopic (exact) mass is 513 g/mol. The van der Waals surface area contributed by atoms with E-state index in [2.05, 4.69) is 25.1 Å². The Kier molecular flexibility index (Phi) is 8.02. The predicted octanol–water partition coefficient (Wildman–Crippen LogP) is 4.74. The van der Waals surface area contributed by atoms with Gasteiger partial charge in [0, 0.05) is 24.8 Å². The minimum atomic E-state index is -4.85. The summed E-state index contributed by atoms with van der Waals surface area (Å²) in [6.07, 6.45) is -8.50. The van der Waals surface area contributed by atoms with Gasteiger partial charge in [-0.15, -0.1) is 26.3 Å². The zero-order valence-electron chi connectivity index (χ0n) is 18.1. The van der Waals surface area contributed by atoms with E-state index in [1.807, 2.05) is 0 Å². The van der Waals surface area contributed by atoms with Crippen LogP contribution in [0.1, 0.15) is 32.0 Å². The van der Waals surface area contributed by atoms with Crippen LogP contribution in [0.2, 0.25) is 0 Å². The third-order valence-corrected chi connectivity index (χ3v) is 4.42. The van der Waals surface area contributed by atoms with Crippen molar-refractivity contribution in [3.8, 4) is 11.5 Å². The van der Waals surface area contributed by atoms with Crippen molar-refractivity contribution >= 4 is 11.8 Å². The van der Waals surface area contributed by atoms with E-state index in [1.165, 1.54) is 42.6 Å². The van der Waals surface area contributed by atoms with Crippen LogP contribution in [0.25, 0.3) is 0 Å². The summed E-state index contributed by atoms with van der Waals surface area (Å²) in [5, 5.41) is 4.99. The number of ether oxygens (including phenoxy) is 2. The van der Waals surface area contributed by atoms with Gasteiger partial charge < -0.3 is 20.1 Å². The van der Waals surface area contributed by atoms with Gasteiger partial charge in [-0.3, -0.25) is 14.6 Å². The number of benzene rings is 2. The molecule has 2 N–H and O–H groups in total. The molecule has 3 aromatic rings. The van der Waals surface area contributed by atoms with Gasteiger partial charge in [0.15, 0.2) is 0 Å². The second kappa shape index (κ2) is 11.0. The number of nitrogens with one attached hydrogen (secondary N) is 2. The van der Waals surface area contributed by atoms with E-state index >= 15 is 0 Å². The number of carbonyl (C=O) groups is 2. The smallest absolute Gasteiger partial charge is 0.406 e. The zero-order valence-corrected chi connectivity index (χ0v) is 18.1. The van der Waals surface area contributed by atoms with Crippen LogP contribution in [0.5, 0.6) is 11.5 Å². The Morgan fingerprint density at radius 3 is 1.72 bits per heavy atom. The van der Waals surface area contributed by atoms with E-state index in [1.54, 1.807) is 0 Å². The maximum atomic E-state index is 12.4. The zero-order chi connectivity index (χ0) is 26.3. The van der Waals surface area contributed by atoms with Gasteiger partial charge in [0.2, 0.25) is 0 Å². The molecule has 0 aliphatic rings. The number of hydrogen-bond acceptors (Lipinski definition) is 5. The molecule has 2 amide bonds. The summed E-state index contributed by atoms with van der Waals surface area (Å²) in [7, 11) is 0. The molecule has 36 heavy (non-hydrogen) atoms. The van der Waals surface area contributed by atoms with Gasteiger partial charge in [-0.2, -0.15) is 0 Å². The van der Waals surface area contributed by atoms with Gasteiger partial charge in [-0.05, 0) is 47.5 Å². The number of nitrogens with zero attached hydrogens (tertiary/aromatic N) is 1. The van der Waals surface area contributed by atoms with Crippen molar-refractivity contribution in [3.05, 3.63) is 89.2 Å². The van der Waals surface area contributed by atoms with Crippen molar-refractivity contribution in [1.29, 1.82) is 0 Å². The Morgan fingerprint density at radius 2 is 1.22 bits per heavy atom. The highest BCUT2D eigenvalue weighted by molar-refractivity contribution is 5.98. The molecule has 0 aliphatic heterocycles. The molecule has 1 aromatic heterocycles. The summed E-state index contributed by atoms with van der Waals surface area (Å²) in [5.41, 5.74) is 0.592. The van der Waals surface area contributed by atoms with E-state index < -0.39 is 36.0 Å². The highest BCUT2D eigenvalue weighted by Crippen LogP contribution is 2.24. The Balaban J connectivity index is 1.58. The lowest BCUT2D eigenvalue weighted by molar-refractivity contribution is -0.275. The standard InChI is InChI=1S/C23H17F6N3O4/c24-22(25,26)35-17-5-1-3-14(9-17)12-31-20(33)16-7-8-30-19(11-16)21(34)32-13-15-4-2-6-18(10-15)36-23(27,28)29/h1-11H,12-13H2,(H,31,33)(H,32,34). The number of hydrogen-bond donors (Lipinski definition) is 2. The topological polar surface area (TPSA) is 89.5 Å². The maximum absolute atomic E-state index is 12.4. The number of halogens is 6. The molecule has 13 heteroatoms. The molecule has 3 rings (SSSR count). The fourth-order valence-electron chi connectivity index (χ4n) is 2.96. The number of rotatable bonds is 8. The fourth-order valence-corrected chi connectivity index (χ4v) is 2.96. The molecular weight excluding hydrogens is 496 g/mol. The molecule has 0 atom stereocenters. The van der Waals surface area contributed by atoms with Crippen molar-refractivity contribution in [3.63, 3.8) is 0 Å². The molecule has 2 aromatic carbocycles. The number of amides is 2. The SMILES string of the molecule is O=C(NCc1cccc(OC(F)(F)F)c1)c1ccnc(C(=O)NCc2cccc(OC(F)(F)F)c2)c1. The molecule has 0 saturated carbocycles. The van der Waals surface area contributed by atoms with Crippen molar-refractivity contribution in [2.45, 2.75) is 25.8 Å². The van der Waals surface area contributed by atoms with Crippen LogP contribution in [0.4, 0.5) is 26.3 Å². The Hall–Kier alpha value is -4.29. The van der Waals surface area contributed by atoms with Gasteiger partial charge in [-0.25, -0.2) is 0 Å². The Bertz CT molecular complexity index is 1140. The van der Waals surface area contributed by atoms with Gasteiger partial charge in [-0.1, -0.05) is 24.3 Å². The minimum Gasteiger partial charge on any atom is -0.406 e. The van der Waals surface area contributed by atoms with Crippen LogP contribution in [-0.2, 0) is 13.1 Å². The molecule has 0 radical (unpaired) electrons. The molecule has 0 spiro atoms. The molecule has 0 fully saturated rings. The van der Waals surface area contributed by atoms with Crippen molar-refractivity contribution in [2.24, 2.45) is 0 Å². The first-order valence-electron chi connectivity index (χ1n) is 10.1. The lowest BCUT2D eigenvalue weighted by Crippen LogP contribution is -2.26. The largest absolute Gasteiger partial charge is 0.573 e. The molecule has 0 aliphatic carbocycles. The normalized spacial score (nSPS) is 11.5. The molecule has 1 heterocycles. The van der Waals surface area contributed by atoms with Crippen LogP contribution in [0.3, 0.4) is 0 Å². The van der Waals surface area contributed by atoms with E-state index in [9.17, 15) is 35.9 Å². The average molecular weight is 513 g/mol. The number of pyridine rings is 1. The molecule has 0 unspecified atom stereocenters. The van der Waals surface area contributed by atoms with Crippen molar-refractivity contribution in [2.75, 3.05) is 0 Å². The van der Waals surface area contributed by atoms with E-state index in [0.717, 1.165) is 24.3 Å². The highest BCUT2D eigenvalue weighted by Gasteiger charge is 2.31. The second-order valence-corrected chi connectivity index (χ2v) is 7.19. The first kappa shape index (κ1) is 26.3. The van der Waals surface area contributed by atoms with Gasteiger partial charge in [0.1, 0.15) is 17.2 Å². The van der Waals surface area contributed by atoms with Crippen LogP contribution >= 0.6 is 0 Å². The predicted molar refractivity (Wildman–Crippen MR) is 113 cm³/mol. The van der Waals surface area contributed by atoms with Gasteiger partial charge in [0.05, 0.1) is 0 Å². The van der Waals surface area contributed by atoms with Gasteiger partial charge >= 0.3 is 12.7 Å². The third-order valence-electron chi connectivity index (χ3n) is 4.42. The summed E-state index contributed by atoms with van der Waals surface area (Å²) in [5.74, 6) is -2.19. The highest BCUT2D eigenvalue weighted by atomic mass is 19.4. The fraction of sp³-hybridized carbons (Fsp3) is 0.174. The van der Waals surface area contributed by atoms with Crippen molar-refractivity contribution < 1.29 is 45.4 Å². The summed E-state index contributed by atoms with van der Waals surface area (Å²) in [6, 6.07) is 12.6. The summed E-state index contributed by atoms with van der Waals surface area (Å²) in [6.45, 7) is -0.254. The maximum Gasteiger partial charge on any atom is 0.573 e. The van der Waals surface area contributed by atoms with Crippen molar-refractivity contribution in [1.82, 2.24) is 15.6 Å². The minimum absolute atomic E-state index is 0.0541. The first-order valence-corrected chi connectivity index (χ1v) is 10.1. The molecule has 190 valence electrons. The molecule has 0 saturated heterocycles. The lowest BCUT2D eigenvalue weighted by Gasteiger charge is -2.11. The number of aromatic nitrogens is 1. The third kappa shape index (κ3) is 8.49. The molecule has 0 bridgehead atoms. The summed E-state index contributed by atoms with van der Waals surface area (Å²) in [4.78, 5) is 28.7. The molecular formula is C23H17F6N3O4. The van der Waals surface area contributed by atoms with E-state index in [4.69, 9.17) is 0 Å². The average Bonchev–Trinajstić information content (AvgIpc) is 2.79. The van der Waals surface area contributed by atoms with Crippen LogP contribution in [0, 0.1) is 0 Å². The number of alkyl halides is 6. The first-order chi connectivity index (χ1) is 16.9. The lowest BCUT2D eigenvalue weighted by atomic mass is 10.1. The van der Waals surface area contributed by atoms with E-state index in [-0.39, 0.29) is 24.3 Å². The summed E-state index contributed by atoms with van der Waals surface area (Å²) >= 11 is 0. The van der Waals surface area contributed by atoms with Crippen LogP contribution in [-0.4, -0.2) is 29.5 Å². The Morgan fingerprint density at radius 1 is 0.722 bits per heavy atom. The van der Waals surface area contributed by atoms with Crippen LogP contribution < -0.4 is 20.1 Å². The van der Waals surface area contributed by atoms with E-state index in [0.29, 0.717) is 11.1 Å².